The van der Waals surface area contributed by atoms with Crippen LogP contribution in [0.15, 0.2) is 29.4 Å². The number of ketones is 1. The molecule has 0 amide bonds. The Bertz CT molecular complexity index is 420. The van der Waals surface area contributed by atoms with Gasteiger partial charge >= 0.3 is 5.97 Å². The second kappa shape index (κ2) is 4.41. The smallest absolute Gasteiger partial charge is 0.338 e. The predicted octanol–water partition coefficient (Wildman–Crippen LogP) is 1.49. The van der Waals surface area contributed by atoms with E-state index in [2.05, 4.69) is 5.11 Å². The van der Waals surface area contributed by atoms with Gasteiger partial charge in [0.1, 0.15) is 5.82 Å². The van der Waals surface area contributed by atoms with Crippen molar-refractivity contribution < 1.29 is 19.1 Å². The van der Waals surface area contributed by atoms with Crippen LogP contribution in [0.25, 0.3) is 0 Å². The van der Waals surface area contributed by atoms with Crippen LogP contribution in [0.5, 0.6) is 0 Å². The Kier molecular flexibility index (Phi) is 3.22. The summed E-state index contributed by atoms with van der Waals surface area (Å²) in [4.78, 5) is 21.9. The lowest BCUT2D eigenvalue weighted by Crippen LogP contribution is -2.28. The summed E-state index contributed by atoms with van der Waals surface area (Å²) >= 11 is 0. The zero-order chi connectivity index (χ0) is 11.4. The molecular weight excluding hydrogens is 203 g/mol. The van der Waals surface area contributed by atoms with Gasteiger partial charge in [-0.15, -0.1) is 0 Å². The van der Waals surface area contributed by atoms with Gasteiger partial charge in [0.15, 0.2) is 0 Å². The van der Waals surface area contributed by atoms with Crippen LogP contribution in [0.2, 0.25) is 0 Å². The Morgan fingerprint density at radius 2 is 2.00 bits per heavy atom. The molecule has 0 aromatic heterocycles. The molecule has 1 unspecified atom stereocenters. The minimum atomic E-state index is -1.87. The summed E-state index contributed by atoms with van der Waals surface area (Å²) in [5.74, 6) is -3.42. The molecule has 0 aliphatic carbocycles. The van der Waals surface area contributed by atoms with Gasteiger partial charge in [0.25, 0.3) is 0 Å². The summed E-state index contributed by atoms with van der Waals surface area (Å²) in [6.45, 7) is 0. The van der Waals surface area contributed by atoms with Gasteiger partial charge in [-0.25, -0.2) is 14.7 Å². The van der Waals surface area contributed by atoms with Crippen molar-refractivity contribution in [3.8, 4) is 0 Å². The number of benzene rings is 1. The number of aliphatic carboxylic acids is 1. The average Bonchev–Trinajstić information content (AvgIpc) is 2.18. The van der Waals surface area contributed by atoms with Gasteiger partial charge in [0, 0.05) is 0 Å². The van der Waals surface area contributed by atoms with Crippen LogP contribution in [0.1, 0.15) is 10.4 Å². The normalized spacial score (nSPS) is 11.8. The number of carboxylic acid groups (broad SMARTS) is 1. The third kappa shape index (κ3) is 2.22. The Labute approximate surface area is 84.0 Å². The molecule has 0 radical (unpaired) electrons. The van der Waals surface area contributed by atoms with Crippen molar-refractivity contribution in [1.82, 2.24) is 0 Å². The first-order valence-electron chi connectivity index (χ1n) is 3.96. The van der Waals surface area contributed by atoms with Gasteiger partial charge in [-0.2, -0.15) is 5.11 Å². The first kappa shape index (κ1) is 11.0. The quantitative estimate of drug-likeness (QED) is 0.448. The second-order valence-corrected chi connectivity index (χ2v) is 2.71. The van der Waals surface area contributed by atoms with Gasteiger partial charge in [-0.1, -0.05) is 12.1 Å². The van der Waals surface area contributed by atoms with Crippen LogP contribution in [0.3, 0.4) is 0 Å². The van der Waals surface area contributed by atoms with Crippen LogP contribution < -0.4 is 0 Å². The zero-order valence-corrected chi connectivity index (χ0v) is 7.48. The van der Waals surface area contributed by atoms with Crippen molar-refractivity contribution in [2.45, 2.75) is 6.04 Å². The highest BCUT2D eigenvalue weighted by Crippen LogP contribution is 2.11. The molecule has 5 nitrogen and oxygen atoms in total. The minimum Gasteiger partial charge on any atom is -0.479 e. The van der Waals surface area contributed by atoms with Gasteiger partial charge in [0.05, 0.1) is 5.56 Å². The first-order valence-corrected chi connectivity index (χ1v) is 3.96. The molecule has 6 heteroatoms. The molecule has 1 atom stereocenters. The average molecular weight is 210 g/mol. The third-order valence-electron chi connectivity index (χ3n) is 1.75. The number of nitrogens with one attached hydrogen (secondary N) is 1. The molecule has 0 saturated heterocycles. The van der Waals surface area contributed by atoms with Gasteiger partial charge in [-0.05, 0) is 12.1 Å². The Morgan fingerprint density at radius 3 is 2.47 bits per heavy atom. The van der Waals surface area contributed by atoms with Crippen molar-refractivity contribution >= 4 is 11.8 Å². The fraction of sp³-hybridized carbons (Fsp3) is 0.111. The van der Waals surface area contributed by atoms with E-state index in [1.54, 1.807) is 0 Å². The highest BCUT2D eigenvalue weighted by atomic mass is 19.1. The highest BCUT2D eigenvalue weighted by molar-refractivity contribution is 6.11. The number of Topliss-reactive ketones (excluding diaryl/α,β-unsaturated/α-hetero) is 1. The molecule has 0 aliphatic heterocycles. The minimum absolute atomic E-state index is 0.374. The van der Waals surface area contributed by atoms with Crippen LogP contribution in [0, 0.1) is 11.3 Å². The van der Waals surface area contributed by atoms with Crippen molar-refractivity contribution in [2.75, 3.05) is 0 Å². The summed E-state index contributed by atoms with van der Waals surface area (Å²) in [6, 6.07) is 3.09. The van der Waals surface area contributed by atoms with Crippen molar-refractivity contribution in [1.29, 1.82) is 5.53 Å². The van der Waals surface area contributed by atoms with Crippen LogP contribution >= 0.6 is 0 Å². The summed E-state index contributed by atoms with van der Waals surface area (Å²) < 4.78 is 13.1. The maximum absolute atomic E-state index is 13.1. The SMILES string of the molecule is N=NC(C(=O)O)C(=O)c1ccccc1F. The molecule has 1 rings (SSSR count). The van der Waals surface area contributed by atoms with Crippen LogP contribution in [-0.2, 0) is 4.79 Å². The van der Waals surface area contributed by atoms with Gasteiger partial charge < -0.3 is 5.11 Å². The molecule has 78 valence electrons. The summed E-state index contributed by atoms with van der Waals surface area (Å²) in [5.41, 5.74) is 6.17. The van der Waals surface area contributed by atoms with Crippen LogP contribution in [-0.4, -0.2) is 22.9 Å². The zero-order valence-electron chi connectivity index (χ0n) is 7.48. The molecule has 1 aromatic rings. The molecule has 0 aliphatic rings. The largest absolute Gasteiger partial charge is 0.479 e. The van der Waals surface area contributed by atoms with E-state index < -0.39 is 23.6 Å². The van der Waals surface area contributed by atoms with E-state index >= 15 is 0 Å². The maximum atomic E-state index is 13.1. The first-order chi connectivity index (χ1) is 7.07. The number of carboxylic acids is 1. The summed E-state index contributed by atoms with van der Waals surface area (Å²) in [7, 11) is 0. The van der Waals surface area contributed by atoms with Gasteiger partial charge in [0.2, 0.25) is 11.8 Å². The Hall–Kier alpha value is -2.11. The van der Waals surface area contributed by atoms with E-state index in [1.807, 2.05) is 0 Å². The molecule has 15 heavy (non-hydrogen) atoms. The molecule has 2 N–H and O–H groups in total. The summed E-state index contributed by atoms with van der Waals surface area (Å²) in [6.07, 6.45) is 0. The predicted molar refractivity (Wildman–Crippen MR) is 47.3 cm³/mol. The van der Waals surface area contributed by atoms with Gasteiger partial charge in [-0.3, -0.25) is 4.79 Å². The molecule has 0 fully saturated rings. The van der Waals surface area contributed by atoms with Crippen molar-refractivity contribution in [3.05, 3.63) is 35.6 Å². The molecule has 1 aromatic carbocycles. The van der Waals surface area contributed by atoms with E-state index in [9.17, 15) is 14.0 Å². The molecule has 0 saturated carbocycles. The van der Waals surface area contributed by atoms with E-state index in [-0.39, 0.29) is 5.56 Å². The highest BCUT2D eigenvalue weighted by Gasteiger charge is 2.28. The topological polar surface area (TPSA) is 90.6 Å². The van der Waals surface area contributed by atoms with E-state index in [0.717, 1.165) is 12.1 Å². The Morgan fingerprint density at radius 1 is 1.40 bits per heavy atom. The number of nitrogens with zero attached hydrogens (tertiary/aromatic N) is 1. The van der Waals surface area contributed by atoms with Crippen molar-refractivity contribution in [3.63, 3.8) is 0 Å². The van der Waals surface area contributed by atoms with E-state index in [4.69, 9.17) is 10.6 Å². The monoisotopic (exact) mass is 210 g/mol. The molecular formula is C9H7FN2O3. The molecule has 0 bridgehead atoms. The number of halogens is 1. The van der Waals surface area contributed by atoms with E-state index in [0.29, 0.717) is 0 Å². The lowest BCUT2D eigenvalue weighted by Gasteiger charge is -2.04. The number of hydrogen-bond acceptors (Lipinski definition) is 4. The third-order valence-corrected chi connectivity index (χ3v) is 1.75. The number of carbonyl (C=O) groups is 2. The molecule has 0 heterocycles. The fourth-order valence-electron chi connectivity index (χ4n) is 1.03. The van der Waals surface area contributed by atoms with Crippen LogP contribution in [0.4, 0.5) is 4.39 Å². The summed E-state index contributed by atoms with van der Waals surface area (Å²) in [5, 5.41) is 11.2. The fourth-order valence-corrected chi connectivity index (χ4v) is 1.03. The number of carbonyl (C=O) groups excluding carboxylic acids is 1. The number of rotatable bonds is 4. The lowest BCUT2D eigenvalue weighted by molar-refractivity contribution is -0.137. The second-order valence-electron chi connectivity index (χ2n) is 2.71. The number of hydrogen-bond donors (Lipinski definition) is 2. The van der Waals surface area contributed by atoms with E-state index in [1.165, 1.54) is 12.1 Å². The lowest BCUT2D eigenvalue weighted by atomic mass is 10.0. The molecule has 0 spiro atoms. The van der Waals surface area contributed by atoms with Crippen molar-refractivity contribution in [2.24, 2.45) is 5.11 Å². The standard InChI is InChI=1S/C9H7FN2O3/c10-6-4-2-1-3-5(6)8(13)7(12-11)9(14)15/h1-4,7,11H,(H,14,15). The Balaban J connectivity index is 3.09. The maximum Gasteiger partial charge on any atom is 0.338 e.